The number of anilines is 1. The lowest BCUT2D eigenvalue weighted by Gasteiger charge is -2.18. The molecule has 0 amide bonds. The smallest absolute Gasteiger partial charge is 0.336 e. The van der Waals surface area contributed by atoms with E-state index in [0.29, 0.717) is 16.5 Å². The minimum Gasteiger partial charge on any atom is -0.478 e. The van der Waals surface area contributed by atoms with Gasteiger partial charge in [0.15, 0.2) is 0 Å². The van der Waals surface area contributed by atoms with Gasteiger partial charge >= 0.3 is 5.97 Å². The van der Waals surface area contributed by atoms with Gasteiger partial charge < -0.3 is 15.3 Å². The van der Waals surface area contributed by atoms with Crippen LogP contribution in [0.2, 0.25) is 0 Å². The topological polar surface area (TPSA) is 65.5 Å². The number of hydrogen-bond acceptors (Lipinski definition) is 4. The zero-order valence-corrected chi connectivity index (χ0v) is 11.8. The Bertz CT molecular complexity index is 613. The molecule has 0 saturated carbocycles. The van der Waals surface area contributed by atoms with E-state index in [0.717, 1.165) is 25.3 Å². The molecule has 0 aliphatic heterocycles. The summed E-state index contributed by atoms with van der Waals surface area (Å²) in [5, 5.41) is 12.9. The lowest BCUT2D eigenvalue weighted by Crippen LogP contribution is -2.23. The molecule has 0 spiro atoms. The summed E-state index contributed by atoms with van der Waals surface area (Å²) >= 11 is 0. The van der Waals surface area contributed by atoms with Gasteiger partial charge in [0.25, 0.3) is 0 Å². The number of carbonyl (C=O) groups is 1. The van der Waals surface area contributed by atoms with Crippen LogP contribution < -0.4 is 10.2 Å². The predicted molar refractivity (Wildman–Crippen MR) is 80.5 cm³/mol. The predicted octanol–water partition coefficient (Wildman–Crippen LogP) is 1.98. The molecule has 5 nitrogen and oxygen atoms in total. The third-order valence-corrected chi connectivity index (χ3v) is 3.26. The number of nitrogens with one attached hydrogen (secondary N) is 1. The molecule has 0 fully saturated rings. The molecule has 1 heterocycles. The second kappa shape index (κ2) is 6.34. The third-order valence-electron chi connectivity index (χ3n) is 3.26. The molecule has 2 rings (SSSR count). The molecule has 2 N–H and O–H groups in total. The van der Waals surface area contributed by atoms with E-state index in [1.807, 2.05) is 32.3 Å². The number of fused-ring (bicyclic) bond motifs is 1. The summed E-state index contributed by atoms with van der Waals surface area (Å²) in [5.74, 6) is -0.0660. The molecular weight excluding hydrogens is 254 g/mol. The van der Waals surface area contributed by atoms with Crippen LogP contribution in [0.1, 0.15) is 16.8 Å². The number of benzene rings is 1. The highest BCUT2D eigenvalue weighted by Gasteiger charge is 2.10. The van der Waals surface area contributed by atoms with Crippen LogP contribution in [0.25, 0.3) is 10.9 Å². The molecule has 0 radical (unpaired) electrons. The second-order valence-corrected chi connectivity index (χ2v) is 4.73. The summed E-state index contributed by atoms with van der Waals surface area (Å²) < 4.78 is 0. The molecule has 106 valence electrons. The molecule has 1 aromatic heterocycles. The van der Waals surface area contributed by atoms with Crippen molar-refractivity contribution in [3.63, 3.8) is 0 Å². The van der Waals surface area contributed by atoms with Gasteiger partial charge in [0.1, 0.15) is 5.82 Å². The average Bonchev–Trinajstić information content (AvgIpc) is 2.46. The zero-order valence-electron chi connectivity index (χ0n) is 11.8. The molecule has 0 saturated heterocycles. The minimum absolute atomic E-state index is 0.291. The van der Waals surface area contributed by atoms with Crippen molar-refractivity contribution in [1.82, 2.24) is 10.3 Å². The lowest BCUT2D eigenvalue weighted by atomic mass is 10.1. The highest BCUT2D eigenvalue weighted by Crippen LogP contribution is 2.21. The Kier molecular flexibility index (Phi) is 4.53. The highest BCUT2D eigenvalue weighted by atomic mass is 16.4. The Morgan fingerprint density at radius 2 is 2.15 bits per heavy atom. The van der Waals surface area contributed by atoms with Crippen LogP contribution in [0.5, 0.6) is 0 Å². The summed E-state index contributed by atoms with van der Waals surface area (Å²) in [6.45, 7) is 1.86. The number of aromatic nitrogens is 1. The van der Waals surface area contributed by atoms with Crippen LogP contribution in [0, 0.1) is 0 Å². The van der Waals surface area contributed by atoms with Gasteiger partial charge in [-0.25, -0.2) is 9.78 Å². The van der Waals surface area contributed by atoms with Crippen LogP contribution in [-0.4, -0.2) is 43.2 Å². The van der Waals surface area contributed by atoms with E-state index in [4.69, 9.17) is 5.11 Å². The van der Waals surface area contributed by atoms with Gasteiger partial charge in [0.2, 0.25) is 0 Å². The number of rotatable bonds is 6. The van der Waals surface area contributed by atoms with Crippen LogP contribution in [0.3, 0.4) is 0 Å². The molecule has 0 bridgehead atoms. The van der Waals surface area contributed by atoms with Crippen molar-refractivity contribution in [2.24, 2.45) is 0 Å². The van der Waals surface area contributed by atoms with E-state index < -0.39 is 5.97 Å². The van der Waals surface area contributed by atoms with Gasteiger partial charge in [-0.1, -0.05) is 6.07 Å². The summed E-state index contributed by atoms with van der Waals surface area (Å²) in [4.78, 5) is 17.8. The molecule has 20 heavy (non-hydrogen) atoms. The van der Waals surface area contributed by atoms with Crippen molar-refractivity contribution in [3.8, 4) is 0 Å². The summed E-state index contributed by atoms with van der Waals surface area (Å²) in [6, 6.07) is 8.86. The normalized spacial score (nSPS) is 10.7. The van der Waals surface area contributed by atoms with Crippen molar-refractivity contribution < 1.29 is 9.90 Å². The Labute approximate surface area is 118 Å². The molecule has 5 heteroatoms. The maximum atomic E-state index is 11.2. The Morgan fingerprint density at radius 3 is 2.85 bits per heavy atom. The minimum atomic E-state index is -0.924. The van der Waals surface area contributed by atoms with E-state index in [1.54, 1.807) is 12.1 Å². The number of hydrogen-bond donors (Lipinski definition) is 2. The summed E-state index contributed by atoms with van der Waals surface area (Å²) in [7, 11) is 3.92. The molecule has 2 aromatic rings. The Balaban J connectivity index is 2.28. The quantitative estimate of drug-likeness (QED) is 0.788. The first-order valence-corrected chi connectivity index (χ1v) is 6.62. The standard InChI is InChI=1S/C15H19N3O2/c1-16-9-4-10-18(2)14-8-7-11-12(15(19)20)5-3-6-13(11)17-14/h3,5-8,16H,4,9-10H2,1-2H3,(H,19,20). The number of pyridine rings is 1. The molecule has 0 atom stereocenters. The third kappa shape index (κ3) is 3.05. The fourth-order valence-electron chi connectivity index (χ4n) is 2.15. The van der Waals surface area contributed by atoms with Gasteiger partial charge in [-0.05, 0) is 44.3 Å². The van der Waals surface area contributed by atoms with Gasteiger partial charge in [-0.15, -0.1) is 0 Å². The van der Waals surface area contributed by atoms with Crippen LogP contribution in [-0.2, 0) is 0 Å². The van der Waals surface area contributed by atoms with Crippen LogP contribution in [0.15, 0.2) is 30.3 Å². The lowest BCUT2D eigenvalue weighted by molar-refractivity contribution is 0.0699. The fourth-order valence-corrected chi connectivity index (χ4v) is 2.15. The monoisotopic (exact) mass is 273 g/mol. The maximum absolute atomic E-state index is 11.2. The van der Waals surface area contributed by atoms with Gasteiger partial charge in [-0.2, -0.15) is 0 Å². The van der Waals surface area contributed by atoms with E-state index in [1.165, 1.54) is 0 Å². The molecule has 1 aromatic carbocycles. The van der Waals surface area contributed by atoms with Crippen LogP contribution in [0.4, 0.5) is 5.82 Å². The molecule has 0 aliphatic rings. The van der Waals surface area contributed by atoms with E-state index in [9.17, 15) is 4.79 Å². The van der Waals surface area contributed by atoms with Crippen LogP contribution >= 0.6 is 0 Å². The van der Waals surface area contributed by atoms with Crippen molar-refractivity contribution in [3.05, 3.63) is 35.9 Å². The van der Waals surface area contributed by atoms with Crippen molar-refractivity contribution in [1.29, 1.82) is 0 Å². The first-order valence-electron chi connectivity index (χ1n) is 6.62. The Morgan fingerprint density at radius 1 is 1.35 bits per heavy atom. The van der Waals surface area contributed by atoms with Gasteiger partial charge in [0, 0.05) is 19.0 Å². The average molecular weight is 273 g/mol. The molecule has 0 aliphatic carbocycles. The first kappa shape index (κ1) is 14.3. The molecule has 0 unspecified atom stereocenters. The second-order valence-electron chi connectivity index (χ2n) is 4.73. The number of carboxylic acids is 1. The maximum Gasteiger partial charge on any atom is 0.336 e. The SMILES string of the molecule is CNCCCN(C)c1ccc2c(C(=O)O)cccc2n1. The van der Waals surface area contributed by atoms with Gasteiger partial charge in [-0.3, -0.25) is 0 Å². The first-order chi connectivity index (χ1) is 9.63. The van der Waals surface area contributed by atoms with Crippen molar-refractivity contribution in [2.45, 2.75) is 6.42 Å². The zero-order chi connectivity index (χ0) is 14.5. The largest absolute Gasteiger partial charge is 0.478 e. The number of carboxylic acid groups (broad SMARTS) is 1. The Hall–Kier alpha value is -2.14. The highest BCUT2D eigenvalue weighted by molar-refractivity contribution is 6.02. The summed E-state index contributed by atoms with van der Waals surface area (Å²) in [5.41, 5.74) is 1.00. The van der Waals surface area contributed by atoms with Crippen molar-refractivity contribution in [2.75, 3.05) is 32.1 Å². The van der Waals surface area contributed by atoms with E-state index in [2.05, 4.69) is 15.2 Å². The number of nitrogens with zero attached hydrogens (tertiary/aromatic N) is 2. The molecular formula is C15H19N3O2. The van der Waals surface area contributed by atoms with Crippen molar-refractivity contribution >= 4 is 22.7 Å². The van der Waals surface area contributed by atoms with E-state index >= 15 is 0 Å². The van der Waals surface area contributed by atoms with E-state index in [-0.39, 0.29) is 0 Å². The fraction of sp³-hybridized carbons (Fsp3) is 0.333. The van der Waals surface area contributed by atoms with Gasteiger partial charge in [0.05, 0.1) is 11.1 Å². The number of aromatic carboxylic acids is 1. The summed E-state index contributed by atoms with van der Waals surface area (Å²) in [6.07, 6.45) is 1.03.